The van der Waals surface area contributed by atoms with E-state index in [0.29, 0.717) is 41.3 Å². The summed E-state index contributed by atoms with van der Waals surface area (Å²) in [5.41, 5.74) is 5.49. The van der Waals surface area contributed by atoms with Gasteiger partial charge in [-0.1, -0.05) is 0 Å². The van der Waals surface area contributed by atoms with E-state index in [2.05, 4.69) is 15.0 Å². The number of alkyl halides is 3. The van der Waals surface area contributed by atoms with Gasteiger partial charge in [-0.25, -0.2) is 9.37 Å². The number of rotatable bonds is 6. The Morgan fingerprint density at radius 3 is 2.64 bits per heavy atom. The number of aliphatic imine (C=N–C) groups is 1. The van der Waals surface area contributed by atoms with Crippen LogP contribution in [0.3, 0.4) is 0 Å². The third-order valence-electron chi connectivity index (χ3n) is 7.02. The van der Waals surface area contributed by atoms with Crippen molar-refractivity contribution >= 4 is 17.1 Å². The lowest BCUT2D eigenvalue weighted by molar-refractivity contribution is -0.147. The first-order valence-corrected chi connectivity index (χ1v) is 12.5. The molecule has 1 aliphatic carbocycles. The number of aromatic nitrogens is 3. The Morgan fingerprint density at radius 1 is 1.23 bits per heavy atom. The fourth-order valence-electron chi connectivity index (χ4n) is 4.70. The molecule has 3 heterocycles. The number of nitrogens with zero attached hydrogens (tertiary/aromatic N) is 4. The standard InChI is InChI=1S/C27H27F4N5O3/c1-36-25(37)19-11-21(14-7-8-39-22(9-14)15(12-32)13-33-16-3-4-16)34-23(24(19)35-26(36)27(29,30)31)18-6-5-17(38-2)10-20(18)28/h5-6,10-14,16,22H,3-4,7-9,32H2,1-2H3/b15-12+,33-13?. The second-order valence-corrected chi connectivity index (χ2v) is 9.69. The minimum atomic E-state index is -4.91. The van der Waals surface area contributed by atoms with Crippen molar-refractivity contribution in [3.8, 4) is 17.0 Å². The van der Waals surface area contributed by atoms with Gasteiger partial charge in [-0.3, -0.25) is 19.3 Å². The highest BCUT2D eigenvalue weighted by Gasteiger charge is 2.37. The fourth-order valence-corrected chi connectivity index (χ4v) is 4.70. The van der Waals surface area contributed by atoms with Crippen LogP contribution >= 0.6 is 0 Å². The number of hydrogen-bond acceptors (Lipinski definition) is 7. The van der Waals surface area contributed by atoms with Gasteiger partial charge >= 0.3 is 6.18 Å². The molecular weight excluding hydrogens is 518 g/mol. The molecule has 2 fully saturated rings. The molecule has 0 spiro atoms. The van der Waals surface area contributed by atoms with Crippen LogP contribution < -0.4 is 16.0 Å². The summed E-state index contributed by atoms with van der Waals surface area (Å²) in [5.74, 6) is -2.20. The molecule has 12 heteroatoms. The lowest BCUT2D eigenvalue weighted by Crippen LogP contribution is -2.29. The Kier molecular flexibility index (Phi) is 7.15. The summed E-state index contributed by atoms with van der Waals surface area (Å²) in [6.07, 6.45) is 0.919. The minimum Gasteiger partial charge on any atom is -0.497 e. The molecule has 5 rings (SSSR count). The Labute approximate surface area is 221 Å². The predicted molar refractivity (Wildman–Crippen MR) is 137 cm³/mol. The highest BCUT2D eigenvalue weighted by atomic mass is 19.4. The van der Waals surface area contributed by atoms with E-state index in [0.717, 1.165) is 26.0 Å². The van der Waals surface area contributed by atoms with Crippen molar-refractivity contribution in [1.82, 2.24) is 14.5 Å². The van der Waals surface area contributed by atoms with E-state index >= 15 is 4.39 Å². The second-order valence-electron chi connectivity index (χ2n) is 9.69. The van der Waals surface area contributed by atoms with E-state index in [1.54, 1.807) is 6.21 Å². The molecule has 39 heavy (non-hydrogen) atoms. The number of ether oxygens (including phenoxy) is 2. The van der Waals surface area contributed by atoms with Crippen LogP contribution in [0.25, 0.3) is 22.2 Å². The van der Waals surface area contributed by atoms with Crippen molar-refractivity contribution in [2.24, 2.45) is 17.8 Å². The molecule has 2 unspecified atom stereocenters. The molecule has 8 nitrogen and oxygen atoms in total. The van der Waals surface area contributed by atoms with E-state index in [9.17, 15) is 18.0 Å². The number of halogens is 4. The smallest absolute Gasteiger partial charge is 0.449 e. The average molecular weight is 546 g/mol. The average Bonchev–Trinajstić information content (AvgIpc) is 3.74. The van der Waals surface area contributed by atoms with Gasteiger partial charge < -0.3 is 15.2 Å². The summed E-state index contributed by atoms with van der Waals surface area (Å²) in [5, 5.41) is -0.0892. The van der Waals surface area contributed by atoms with Crippen LogP contribution in [0.2, 0.25) is 0 Å². The zero-order valence-corrected chi connectivity index (χ0v) is 21.3. The van der Waals surface area contributed by atoms with Gasteiger partial charge in [0.2, 0.25) is 5.82 Å². The maximum Gasteiger partial charge on any atom is 0.449 e. The van der Waals surface area contributed by atoms with Gasteiger partial charge in [-0.2, -0.15) is 13.2 Å². The summed E-state index contributed by atoms with van der Waals surface area (Å²) in [6, 6.07) is 5.67. The molecule has 1 aliphatic heterocycles. The molecule has 2 aliphatic rings. The Bertz CT molecular complexity index is 1530. The van der Waals surface area contributed by atoms with Gasteiger partial charge in [0, 0.05) is 54.9 Å². The van der Waals surface area contributed by atoms with Crippen LogP contribution in [0.5, 0.6) is 5.75 Å². The maximum atomic E-state index is 15.2. The lowest BCUT2D eigenvalue weighted by Gasteiger charge is -2.30. The molecule has 0 radical (unpaired) electrons. The highest BCUT2D eigenvalue weighted by molar-refractivity contribution is 5.91. The van der Waals surface area contributed by atoms with E-state index in [-0.39, 0.29) is 39.9 Å². The molecule has 1 aromatic carbocycles. The minimum absolute atomic E-state index is 0.0892. The zero-order chi connectivity index (χ0) is 27.9. The molecule has 2 N–H and O–H groups in total. The number of pyridine rings is 1. The van der Waals surface area contributed by atoms with E-state index in [1.807, 2.05) is 0 Å². The van der Waals surface area contributed by atoms with Gasteiger partial charge in [-0.15, -0.1) is 0 Å². The third-order valence-corrected chi connectivity index (χ3v) is 7.02. The van der Waals surface area contributed by atoms with E-state index in [1.165, 1.54) is 31.5 Å². The molecular formula is C27H27F4N5O3. The van der Waals surface area contributed by atoms with Gasteiger partial charge in [-0.05, 0) is 43.9 Å². The van der Waals surface area contributed by atoms with Crippen molar-refractivity contribution in [3.63, 3.8) is 0 Å². The molecule has 1 saturated carbocycles. The molecule has 2 aromatic heterocycles. The third kappa shape index (κ3) is 5.38. The molecule has 0 amide bonds. The molecule has 206 valence electrons. The fraction of sp³-hybridized carbons (Fsp3) is 0.407. The van der Waals surface area contributed by atoms with Crippen molar-refractivity contribution in [3.05, 3.63) is 63.7 Å². The Hall–Kier alpha value is -3.80. The summed E-state index contributed by atoms with van der Waals surface area (Å²) in [7, 11) is 2.37. The number of fused-ring (bicyclic) bond motifs is 1. The van der Waals surface area contributed by atoms with Crippen molar-refractivity contribution in [2.45, 2.75) is 49.9 Å². The molecule has 0 bridgehead atoms. The van der Waals surface area contributed by atoms with Crippen LogP contribution in [0.15, 0.2) is 45.8 Å². The van der Waals surface area contributed by atoms with E-state index in [4.69, 9.17) is 15.2 Å². The van der Waals surface area contributed by atoms with Crippen LogP contribution in [-0.2, 0) is 18.0 Å². The topological polar surface area (TPSA) is 105 Å². The van der Waals surface area contributed by atoms with Crippen molar-refractivity contribution in [1.29, 1.82) is 0 Å². The highest BCUT2D eigenvalue weighted by Crippen LogP contribution is 2.37. The van der Waals surface area contributed by atoms with Crippen molar-refractivity contribution < 1.29 is 27.0 Å². The largest absolute Gasteiger partial charge is 0.497 e. The quantitative estimate of drug-likeness (QED) is 0.361. The normalized spacial score (nSPS) is 20.6. The summed E-state index contributed by atoms with van der Waals surface area (Å²) in [6.45, 7) is 0.360. The number of nitrogens with two attached hydrogens (primary N) is 1. The van der Waals surface area contributed by atoms with Crippen LogP contribution in [0.4, 0.5) is 17.6 Å². The molecule has 2 atom stereocenters. The van der Waals surface area contributed by atoms with Gasteiger partial charge in [0.05, 0.1) is 30.3 Å². The second kappa shape index (κ2) is 10.4. The molecule has 3 aromatic rings. The number of benzene rings is 1. The first-order chi connectivity index (χ1) is 18.6. The number of methoxy groups -OCH3 is 1. The SMILES string of the molecule is COc1ccc(-c2nc(C3CCOC(/C(C=NC4CC4)=C/N)C3)cc3c(=O)n(C)c(C(F)(F)F)nc23)c(F)c1. The number of hydrogen-bond donors (Lipinski definition) is 1. The molecule has 1 saturated heterocycles. The first kappa shape index (κ1) is 26.8. The van der Waals surface area contributed by atoms with Crippen molar-refractivity contribution in [2.75, 3.05) is 13.7 Å². The lowest BCUT2D eigenvalue weighted by atomic mass is 9.88. The van der Waals surface area contributed by atoms with Gasteiger partial charge in [0.25, 0.3) is 5.56 Å². The van der Waals surface area contributed by atoms with Gasteiger partial charge in [0.15, 0.2) is 0 Å². The zero-order valence-electron chi connectivity index (χ0n) is 21.3. The monoisotopic (exact) mass is 545 g/mol. The maximum absolute atomic E-state index is 15.2. The van der Waals surface area contributed by atoms with Gasteiger partial charge in [0.1, 0.15) is 17.1 Å². The predicted octanol–water partition coefficient (Wildman–Crippen LogP) is 4.50. The van der Waals surface area contributed by atoms with Crippen LogP contribution in [-0.4, -0.2) is 46.6 Å². The summed E-state index contributed by atoms with van der Waals surface area (Å²) >= 11 is 0. The van der Waals surface area contributed by atoms with Crippen LogP contribution in [0, 0.1) is 5.82 Å². The Morgan fingerprint density at radius 2 is 2.00 bits per heavy atom. The Balaban J connectivity index is 1.65. The summed E-state index contributed by atoms with van der Waals surface area (Å²) in [4.78, 5) is 26.0. The van der Waals surface area contributed by atoms with Crippen LogP contribution in [0.1, 0.15) is 43.1 Å². The summed E-state index contributed by atoms with van der Waals surface area (Å²) < 4.78 is 67.8. The van der Waals surface area contributed by atoms with E-state index < -0.39 is 23.4 Å². The first-order valence-electron chi connectivity index (χ1n) is 12.5.